The van der Waals surface area contributed by atoms with Crippen molar-refractivity contribution in [2.45, 2.75) is 18.7 Å². The minimum Gasteiger partial charge on any atom is -0.497 e. The average molecular weight is 269 g/mol. The molecular formula is C13H19NO3S. The smallest absolute Gasteiger partial charge is 0.233 e. The van der Waals surface area contributed by atoms with Crippen molar-refractivity contribution in [3.63, 3.8) is 0 Å². The lowest BCUT2D eigenvalue weighted by Crippen LogP contribution is -2.30. The van der Waals surface area contributed by atoms with Gasteiger partial charge in [-0.15, -0.1) is 11.8 Å². The molecule has 2 N–H and O–H groups in total. The highest BCUT2D eigenvalue weighted by molar-refractivity contribution is 8.00. The van der Waals surface area contributed by atoms with Crippen LogP contribution in [0.2, 0.25) is 0 Å². The topological polar surface area (TPSA) is 58.6 Å². The number of thioether (sulfide) groups is 1. The Morgan fingerprint density at radius 1 is 1.44 bits per heavy atom. The van der Waals surface area contributed by atoms with E-state index < -0.39 is 0 Å². The quantitative estimate of drug-likeness (QED) is 0.786. The molecule has 18 heavy (non-hydrogen) atoms. The standard InChI is InChI=1S/C13H19NO3S/c1-10(18-8-7-15)13(16)14-9-11-3-5-12(17-2)6-4-11/h3-6,10,15H,7-9H2,1-2H3,(H,14,16)/t10-/m1/s1. The number of rotatable bonds is 7. The maximum absolute atomic E-state index is 11.7. The first-order chi connectivity index (χ1) is 8.67. The van der Waals surface area contributed by atoms with Gasteiger partial charge in [-0.05, 0) is 24.6 Å². The Kier molecular flexibility index (Phi) is 6.60. The van der Waals surface area contributed by atoms with Crippen molar-refractivity contribution in [3.05, 3.63) is 29.8 Å². The van der Waals surface area contributed by atoms with Crippen LogP contribution in [-0.2, 0) is 11.3 Å². The van der Waals surface area contributed by atoms with E-state index in [2.05, 4.69) is 5.32 Å². The average Bonchev–Trinajstić information content (AvgIpc) is 2.42. The summed E-state index contributed by atoms with van der Waals surface area (Å²) in [5.74, 6) is 1.37. The second-order valence-corrected chi connectivity index (χ2v) is 5.25. The molecule has 1 amide bonds. The van der Waals surface area contributed by atoms with Gasteiger partial charge in [0.1, 0.15) is 5.75 Å². The van der Waals surface area contributed by atoms with Gasteiger partial charge in [-0.25, -0.2) is 0 Å². The molecule has 1 rings (SSSR count). The molecule has 1 aromatic rings. The Morgan fingerprint density at radius 2 is 2.11 bits per heavy atom. The van der Waals surface area contributed by atoms with Gasteiger partial charge in [-0.1, -0.05) is 12.1 Å². The summed E-state index contributed by atoms with van der Waals surface area (Å²) in [5, 5.41) is 11.4. The molecule has 1 aromatic carbocycles. The number of hydrogen-bond acceptors (Lipinski definition) is 4. The summed E-state index contributed by atoms with van der Waals surface area (Å²) in [7, 11) is 1.62. The van der Waals surface area contributed by atoms with Crippen LogP contribution in [0, 0.1) is 0 Å². The van der Waals surface area contributed by atoms with Gasteiger partial charge < -0.3 is 15.2 Å². The number of carbonyl (C=O) groups is 1. The van der Waals surface area contributed by atoms with Gasteiger partial charge in [-0.2, -0.15) is 0 Å². The minimum absolute atomic E-state index is 0.00994. The number of carbonyl (C=O) groups excluding carboxylic acids is 1. The Morgan fingerprint density at radius 3 is 2.67 bits per heavy atom. The Bertz CT molecular complexity index is 367. The van der Waals surface area contributed by atoms with Crippen molar-refractivity contribution in [2.24, 2.45) is 0 Å². The van der Waals surface area contributed by atoms with E-state index in [9.17, 15) is 4.79 Å². The molecular weight excluding hydrogens is 250 g/mol. The number of nitrogens with one attached hydrogen (secondary N) is 1. The summed E-state index contributed by atoms with van der Waals surface area (Å²) in [6, 6.07) is 7.58. The second-order valence-electron chi connectivity index (χ2n) is 3.80. The van der Waals surface area contributed by atoms with Gasteiger partial charge in [0.2, 0.25) is 5.91 Å². The third-order valence-electron chi connectivity index (χ3n) is 2.45. The summed E-state index contributed by atoms with van der Waals surface area (Å²) in [6.07, 6.45) is 0. The molecule has 0 saturated carbocycles. The summed E-state index contributed by atoms with van der Waals surface area (Å²) in [6.45, 7) is 2.44. The highest BCUT2D eigenvalue weighted by Crippen LogP contribution is 2.12. The highest BCUT2D eigenvalue weighted by Gasteiger charge is 2.12. The number of methoxy groups -OCH3 is 1. The third kappa shape index (κ3) is 4.98. The van der Waals surface area contributed by atoms with Crippen LogP contribution >= 0.6 is 11.8 Å². The second kappa shape index (κ2) is 8.00. The molecule has 0 aliphatic carbocycles. The van der Waals surface area contributed by atoms with Gasteiger partial charge >= 0.3 is 0 Å². The summed E-state index contributed by atoms with van der Waals surface area (Å²) < 4.78 is 5.06. The van der Waals surface area contributed by atoms with Gasteiger partial charge in [0.05, 0.1) is 19.0 Å². The molecule has 0 unspecified atom stereocenters. The van der Waals surface area contributed by atoms with Crippen LogP contribution in [-0.4, -0.2) is 35.7 Å². The molecule has 0 aromatic heterocycles. The molecule has 0 bridgehead atoms. The normalized spacial score (nSPS) is 11.9. The SMILES string of the molecule is COc1ccc(CNC(=O)[C@@H](C)SCCO)cc1. The lowest BCUT2D eigenvalue weighted by molar-refractivity contribution is -0.120. The van der Waals surface area contributed by atoms with Crippen molar-refractivity contribution in [2.75, 3.05) is 19.5 Å². The van der Waals surface area contributed by atoms with Gasteiger partial charge in [0, 0.05) is 12.3 Å². The van der Waals surface area contributed by atoms with Crippen LogP contribution in [0.3, 0.4) is 0 Å². The van der Waals surface area contributed by atoms with Crippen molar-refractivity contribution in [1.29, 1.82) is 0 Å². The van der Waals surface area contributed by atoms with Gasteiger partial charge in [0.25, 0.3) is 0 Å². The zero-order chi connectivity index (χ0) is 13.4. The molecule has 5 heteroatoms. The van der Waals surface area contributed by atoms with E-state index in [1.165, 1.54) is 11.8 Å². The maximum Gasteiger partial charge on any atom is 0.233 e. The first kappa shape index (κ1) is 14.9. The molecule has 0 radical (unpaired) electrons. The molecule has 0 fully saturated rings. The predicted octanol–water partition coefficient (Wildman–Crippen LogP) is 1.43. The molecule has 0 spiro atoms. The number of hydrogen-bond donors (Lipinski definition) is 2. The predicted molar refractivity (Wildman–Crippen MR) is 73.8 cm³/mol. The summed E-state index contributed by atoms with van der Waals surface area (Å²) in [5.41, 5.74) is 1.03. The Labute approximate surface area is 112 Å². The molecule has 0 saturated heterocycles. The van der Waals surface area contributed by atoms with Crippen molar-refractivity contribution >= 4 is 17.7 Å². The zero-order valence-corrected chi connectivity index (χ0v) is 11.5. The number of aliphatic hydroxyl groups is 1. The maximum atomic E-state index is 11.7. The van der Waals surface area contributed by atoms with E-state index in [0.717, 1.165) is 11.3 Å². The highest BCUT2D eigenvalue weighted by atomic mass is 32.2. The lowest BCUT2D eigenvalue weighted by Gasteiger charge is -2.11. The van der Waals surface area contributed by atoms with E-state index in [1.54, 1.807) is 7.11 Å². The Balaban J connectivity index is 2.37. The minimum atomic E-state index is -0.143. The number of ether oxygens (including phenoxy) is 1. The number of aliphatic hydroxyl groups excluding tert-OH is 1. The number of amides is 1. The van der Waals surface area contributed by atoms with E-state index in [-0.39, 0.29) is 17.8 Å². The Hall–Kier alpha value is -1.20. The third-order valence-corrected chi connectivity index (χ3v) is 3.59. The lowest BCUT2D eigenvalue weighted by atomic mass is 10.2. The van der Waals surface area contributed by atoms with Crippen molar-refractivity contribution in [3.8, 4) is 5.75 Å². The van der Waals surface area contributed by atoms with Gasteiger partial charge in [-0.3, -0.25) is 4.79 Å². The summed E-state index contributed by atoms with van der Waals surface area (Å²) >= 11 is 1.44. The fourth-order valence-electron chi connectivity index (χ4n) is 1.38. The molecule has 1 atom stereocenters. The first-order valence-corrected chi connectivity index (χ1v) is 6.85. The van der Waals surface area contributed by atoms with Crippen LogP contribution < -0.4 is 10.1 Å². The monoisotopic (exact) mass is 269 g/mol. The van der Waals surface area contributed by atoms with Crippen LogP contribution in [0.25, 0.3) is 0 Å². The van der Waals surface area contributed by atoms with Crippen molar-refractivity contribution < 1.29 is 14.6 Å². The fourth-order valence-corrected chi connectivity index (χ4v) is 2.08. The summed E-state index contributed by atoms with van der Waals surface area (Å²) in [4.78, 5) is 11.7. The van der Waals surface area contributed by atoms with E-state index in [4.69, 9.17) is 9.84 Å². The first-order valence-electron chi connectivity index (χ1n) is 5.80. The largest absolute Gasteiger partial charge is 0.497 e. The number of benzene rings is 1. The van der Waals surface area contributed by atoms with Crippen molar-refractivity contribution in [1.82, 2.24) is 5.32 Å². The van der Waals surface area contributed by atoms with E-state index in [1.807, 2.05) is 31.2 Å². The van der Waals surface area contributed by atoms with Crippen LogP contribution in [0.5, 0.6) is 5.75 Å². The molecule has 4 nitrogen and oxygen atoms in total. The van der Waals surface area contributed by atoms with Crippen LogP contribution in [0.1, 0.15) is 12.5 Å². The van der Waals surface area contributed by atoms with Crippen LogP contribution in [0.4, 0.5) is 0 Å². The van der Waals surface area contributed by atoms with Gasteiger partial charge in [0.15, 0.2) is 0 Å². The zero-order valence-electron chi connectivity index (χ0n) is 10.7. The fraction of sp³-hybridized carbons (Fsp3) is 0.462. The molecule has 100 valence electrons. The molecule has 0 aliphatic rings. The van der Waals surface area contributed by atoms with E-state index in [0.29, 0.717) is 12.3 Å². The molecule has 0 heterocycles. The van der Waals surface area contributed by atoms with E-state index >= 15 is 0 Å². The molecule has 0 aliphatic heterocycles. The van der Waals surface area contributed by atoms with Crippen LogP contribution in [0.15, 0.2) is 24.3 Å².